The van der Waals surface area contributed by atoms with Crippen LogP contribution >= 0.6 is 15.9 Å². The fourth-order valence-electron chi connectivity index (χ4n) is 2.20. The zero-order chi connectivity index (χ0) is 13.8. The van der Waals surface area contributed by atoms with E-state index >= 15 is 0 Å². The summed E-state index contributed by atoms with van der Waals surface area (Å²) in [5.41, 5.74) is 6.82. The molecule has 2 rings (SSSR count). The molecule has 1 amide bonds. The van der Waals surface area contributed by atoms with Gasteiger partial charge in [0, 0.05) is 29.2 Å². The van der Waals surface area contributed by atoms with Gasteiger partial charge in [-0.25, -0.2) is 0 Å². The predicted molar refractivity (Wildman–Crippen MR) is 78.1 cm³/mol. The normalized spacial score (nSPS) is 16.5. The molecule has 0 aliphatic carbocycles. The molecule has 0 saturated carbocycles. The lowest BCUT2D eigenvalue weighted by Crippen LogP contribution is -2.32. The van der Waals surface area contributed by atoms with E-state index in [0.717, 1.165) is 36.0 Å². The number of hydrogen-bond acceptors (Lipinski definition) is 3. The first kappa shape index (κ1) is 14.3. The number of amides is 1. The highest BCUT2D eigenvalue weighted by molar-refractivity contribution is 9.10. The molecule has 1 fully saturated rings. The summed E-state index contributed by atoms with van der Waals surface area (Å²) in [5.74, 6) is 0.738. The van der Waals surface area contributed by atoms with Gasteiger partial charge in [-0.05, 0) is 38.0 Å². The second-order valence-electron chi connectivity index (χ2n) is 4.85. The Morgan fingerprint density at radius 3 is 2.79 bits per heavy atom. The van der Waals surface area contributed by atoms with Crippen LogP contribution < -0.4 is 10.5 Å². The first-order valence-corrected chi connectivity index (χ1v) is 7.33. The van der Waals surface area contributed by atoms with Crippen molar-refractivity contribution in [2.45, 2.75) is 25.8 Å². The average molecular weight is 327 g/mol. The maximum Gasteiger partial charge on any atom is 0.260 e. The summed E-state index contributed by atoms with van der Waals surface area (Å²) in [7, 11) is 0. The van der Waals surface area contributed by atoms with E-state index in [-0.39, 0.29) is 18.6 Å². The number of halogens is 1. The van der Waals surface area contributed by atoms with Crippen LogP contribution in [0.25, 0.3) is 0 Å². The lowest BCUT2D eigenvalue weighted by molar-refractivity contribution is -0.132. The van der Waals surface area contributed by atoms with E-state index in [1.807, 2.05) is 30.0 Å². The molecule has 0 bridgehead atoms. The average Bonchev–Trinajstić information content (AvgIpc) is 2.90. The monoisotopic (exact) mass is 326 g/mol. The summed E-state index contributed by atoms with van der Waals surface area (Å²) in [5, 5.41) is 0. The van der Waals surface area contributed by atoms with Crippen LogP contribution in [-0.2, 0) is 4.79 Å². The summed E-state index contributed by atoms with van der Waals surface area (Å²) in [4.78, 5) is 13.8. The lowest BCUT2D eigenvalue weighted by atomic mass is 10.1. The number of nitrogens with two attached hydrogens (primary N) is 1. The maximum atomic E-state index is 11.9. The Balaban J connectivity index is 2.00. The highest BCUT2D eigenvalue weighted by atomic mass is 79.9. The van der Waals surface area contributed by atoms with Crippen molar-refractivity contribution in [3.63, 3.8) is 0 Å². The number of likely N-dealkylation sites (tertiary alicyclic amines) is 1. The molecular formula is C14H19BrN2O2. The molecule has 0 aromatic heterocycles. The van der Waals surface area contributed by atoms with Gasteiger partial charge in [0.2, 0.25) is 0 Å². The summed E-state index contributed by atoms with van der Waals surface area (Å²) in [6.07, 6.45) is 2.18. The van der Waals surface area contributed by atoms with Crippen molar-refractivity contribution in [2.75, 3.05) is 19.7 Å². The Morgan fingerprint density at radius 1 is 1.47 bits per heavy atom. The number of carbonyl (C=O) groups is 1. The largest absolute Gasteiger partial charge is 0.483 e. The van der Waals surface area contributed by atoms with Gasteiger partial charge in [-0.15, -0.1) is 0 Å². The Labute approximate surface area is 122 Å². The minimum absolute atomic E-state index is 0.0519. The third kappa shape index (κ3) is 3.70. The number of rotatable bonds is 4. The van der Waals surface area contributed by atoms with Gasteiger partial charge >= 0.3 is 0 Å². The number of carbonyl (C=O) groups excluding carboxylic acids is 1. The Bertz CT molecular complexity index is 457. The summed E-state index contributed by atoms with van der Waals surface area (Å²) in [6, 6.07) is 5.54. The van der Waals surface area contributed by atoms with Crippen molar-refractivity contribution < 1.29 is 9.53 Å². The molecule has 1 atom stereocenters. The van der Waals surface area contributed by atoms with Crippen LogP contribution in [0.4, 0.5) is 0 Å². The minimum Gasteiger partial charge on any atom is -0.483 e. The van der Waals surface area contributed by atoms with Gasteiger partial charge in [0.25, 0.3) is 5.91 Å². The highest BCUT2D eigenvalue weighted by Gasteiger charge is 2.19. The van der Waals surface area contributed by atoms with Crippen LogP contribution in [0.5, 0.6) is 5.75 Å². The minimum atomic E-state index is -0.130. The molecule has 1 aliphatic heterocycles. The molecule has 1 aliphatic rings. The van der Waals surface area contributed by atoms with E-state index in [0.29, 0.717) is 5.75 Å². The molecule has 1 heterocycles. The number of nitrogens with zero attached hydrogens (tertiary/aromatic N) is 1. The molecule has 1 aromatic rings. The number of hydrogen-bond donors (Lipinski definition) is 1. The van der Waals surface area contributed by atoms with Crippen LogP contribution in [0.1, 0.15) is 31.4 Å². The van der Waals surface area contributed by atoms with Gasteiger partial charge in [0.1, 0.15) is 5.75 Å². The van der Waals surface area contributed by atoms with Gasteiger partial charge in [-0.3, -0.25) is 4.79 Å². The molecule has 2 N–H and O–H groups in total. The van der Waals surface area contributed by atoms with Gasteiger partial charge in [0.15, 0.2) is 6.61 Å². The quantitative estimate of drug-likeness (QED) is 0.924. The van der Waals surface area contributed by atoms with E-state index in [9.17, 15) is 4.79 Å². The zero-order valence-electron chi connectivity index (χ0n) is 11.1. The molecule has 0 radical (unpaired) electrons. The zero-order valence-corrected chi connectivity index (χ0v) is 12.6. The van der Waals surface area contributed by atoms with E-state index < -0.39 is 0 Å². The van der Waals surface area contributed by atoms with Crippen molar-refractivity contribution in [2.24, 2.45) is 5.73 Å². The van der Waals surface area contributed by atoms with Crippen LogP contribution in [0, 0.1) is 0 Å². The first-order valence-electron chi connectivity index (χ1n) is 6.53. The SMILES string of the molecule is CC(N)c1cc(Br)ccc1OCC(=O)N1CCCC1. The second-order valence-corrected chi connectivity index (χ2v) is 5.76. The van der Waals surface area contributed by atoms with E-state index in [1.165, 1.54) is 0 Å². The van der Waals surface area contributed by atoms with Crippen molar-refractivity contribution >= 4 is 21.8 Å². The summed E-state index contributed by atoms with van der Waals surface area (Å²) >= 11 is 3.41. The van der Waals surface area contributed by atoms with Crippen molar-refractivity contribution in [3.8, 4) is 5.75 Å². The van der Waals surface area contributed by atoms with E-state index in [1.54, 1.807) is 0 Å². The smallest absolute Gasteiger partial charge is 0.260 e. The topological polar surface area (TPSA) is 55.6 Å². The highest BCUT2D eigenvalue weighted by Crippen LogP contribution is 2.27. The standard InChI is InChI=1S/C14H19BrN2O2/c1-10(16)12-8-11(15)4-5-13(12)19-9-14(18)17-6-2-3-7-17/h4-5,8,10H,2-3,6-7,9,16H2,1H3. The molecule has 5 heteroatoms. The van der Waals surface area contributed by atoms with E-state index in [2.05, 4.69) is 15.9 Å². The van der Waals surface area contributed by atoms with Crippen LogP contribution in [0.3, 0.4) is 0 Å². The predicted octanol–water partition coefficient (Wildman–Crippen LogP) is 2.47. The fraction of sp³-hybridized carbons (Fsp3) is 0.500. The number of ether oxygens (including phenoxy) is 1. The molecule has 1 saturated heterocycles. The second kappa shape index (κ2) is 6.39. The van der Waals surface area contributed by atoms with Gasteiger partial charge < -0.3 is 15.4 Å². The van der Waals surface area contributed by atoms with Crippen molar-refractivity contribution in [1.29, 1.82) is 0 Å². The van der Waals surface area contributed by atoms with Crippen molar-refractivity contribution in [3.05, 3.63) is 28.2 Å². The van der Waals surface area contributed by atoms with Crippen LogP contribution in [0.2, 0.25) is 0 Å². The Hall–Kier alpha value is -1.07. The molecule has 104 valence electrons. The molecule has 1 unspecified atom stereocenters. The lowest BCUT2D eigenvalue weighted by Gasteiger charge is -2.18. The maximum absolute atomic E-state index is 11.9. The fourth-order valence-corrected chi connectivity index (χ4v) is 2.58. The number of benzene rings is 1. The van der Waals surface area contributed by atoms with Crippen LogP contribution in [0.15, 0.2) is 22.7 Å². The third-order valence-corrected chi connectivity index (χ3v) is 3.77. The summed E-state index contributed by atoms with van der Waals surface area (Å²) < 4.78 is 6.59. The van der Waals surface area contributed by atoms with E-state index in [4.69, 9.17) is 10.5 Å². The van der Waals surface area contributed by atoms with Gasteiger partial charge in [-0.1, -0.05) is 15.9 Å². The molecular weight excluding hydrogens is 308 g/mol. The first-order chi connectivity index (χ1) is 9.08. The molecule has 1 aromatic carbocycles. The molecule has 0 spiro atoms. The summed E-state index contributed by atoms with van der Waals surface area (Å²) in [6.45, 7) is 3.68. The Kier molecular flexibility index (Phi) is 4.82. The van der Waals surface area contributed by atoms with Gasteiger partial charge in [-0.2, -0.15) is 0 Å². The molecule has 4 nitrogen and oxygen atoms in total. The van der Waals surface area contributed by atoms with Crippen LogP contribution in [-0.4, -0.2) is 30.5 Å². The van der Waals surface area contributed by atoms with Crippen molar-refractivity contribution in [1.82, 2.24) is 4.90 Å². The Morgan fingerprint density at radius 2 is 2.16 bits per heavy atom. The third-order valence-electron chi connectivity index (χ3n) is 3.27. The molecule has 19 heavy (non-hydrogen) atoms. The van der Waals surface area contributed by atoms with Gasteiger partial charge in [0.05, 0.1) is 0 Å².